The lowest BCUT2D eigenvalue weighted by atomic mass is 10.0. The highest BCUT2D eigenvalue weighted by Gasteiger charge is 2.22. The number of carbonyl (C=O) groups is 2. The molecule has 0 aromatic rings. The van der Waals surface area contributed by atoms with Gasteiger partial charge in [-0.25, -0.2) is 0 Å². The van der Waals surface area contributed by atoms with Crippen molar-refractivity contribution in [2.75, 3.05) is 27.7 Å². The maximum Gasteiger partial charge on any atom is 0.306 e. The predicted octanol–water partition coefficient (Wildman–Crippen LogP) is 4.10. The lowest BCUT2D eigenvalue weighted by Gasteiger charge is -2.29. The number of hydrogen-bond donors (Lipinski definition) is 0. The van der Waals surface area contributed by atoms with Crippen molar-refractivity contribution < 1.29 is 28.7 Å². The fourth-order valence-corrected chi connectivity index (χ4v) is 3.77. The molecule has 0 aromatic heterocycles. The third-order valence-electron chi connectivity index (χ3n) is 5.35. The van der Waals surface area contributed by atoms with E-state index in [0.717, 1.165) is 32.1 Å². The van der Waals surface area contributed by atoms with E-state index in [1.165, 1.54) is 57.8 Å². The molecule has 0 aromatic carbocycles. The summed E-state index contributed by atoms with van der Waals surface area (Å²) in [7, 11) is 5.82. The Hall–Kier alpha value is -1.43. The van der Waals surface area contributed by atoms with E-state index in [9.17, 15) is 19.5 Å². The summed E-state index contributed by atoms with van der Waals surface area (Å²) in [4.78, 5) is 33.0. The van der Waals surface area contributed by atoms with Crippen LogP contribution in [0.5, 0.6) is 0 Å². The largest absolute Gasteiger partial charge is 0.550 e. The molecule has 6 heteroatoms. The SMILES string of the molecule is C[N+](C)(C)CC(CC(=O)[O-])OC(=O)CCCCCCCCCCCCCCCC[C]=O. The van der Waals surface area contributed by atoms with Crippen LogP contribution in [0.2, 0.25) is 0 Å². The first-order valence-electron chi connectivity index (χ1n) is 12.3. The number of esters is 1. The van der Waals surface area contributed by atoms with Crippen molar-refractivity contribution in [3.63, 3.8) is 0 Å². The number of nitrogens with zero attached hydrogens (tertiary/aromatic N) is 1. The Morgan fingerprint density at radius 1 is 0.774 bits per heavy atom. The van der Waals surface area contributed by atoms with Crippen LogP contribution < -0.4 is 5.11 Å². The summed E-state index contributed by atoms with van der Waals surface area (Å²) < 4.78 is 5.91. The van der Waals surface area contributed by atoms with Crippen molar-refractivity contribution in [2.45, 2.75) is 115 Å². The molecule has 1 atom stereocenters. The molecular weight excluding hydrogens is 394 g/mol. The Morgan fingerprint density at radius 3 is 1.58 bits per heavy atom. The van der Waals surface area contributed by atoms with Crippen molar-refractivity contribution in [2.24, 2.45) is 0 Å². The van der Waals surface area contributed by atoms with E-state index >= 15 is 0 Å². The minimum absolute atomic E-state index is 0.248. The molecular formula is C25H46NO5. The van der Waals surface area contributed by atoms with Crippen molar-refractivity contribution in [3.05, 3.63) is 0 Å². The quantitative estimate of drug-likeness (QED) is 0.144. The second kappa shape index (κ2) is 19.3. The van der Waals surface area contributed by atoms with Gasteiger partial charge in [-0.1, -0.05) is 77.0 Å². The van der Waals surface area contributed by atoms with E-state index in [1.54, 1.807) is 0 Å². The van der Waals surface area contributed by atoms with Gasteiger partial charge in [-0.2, -0.15) is 0 Å². The highest BCUT2D eigenvalue weighted by Crippen LogP contribution is 2.14. The molecule has 0 amide bonds. The molecule has 0 aliphatic heterocycles. The van der Waals surface area contributed by atoms with Gasteiger partial charge in [0.25, 0.3) is 0 Å². The van der Waals surface area contributed by atoms with Crippen molar-refractivity contribution in [1.29, 1.82) is 0 Å². The molecule has 0 saturated heterocycles. The Kier molecular flexibility index (Phi) is 18.4. The molecule has 0 bridgehead atoms. The highest BCUT2D eigenvalue weighted by molar-refractivity contribution is 5.70. The van der Waals surface area contributed by atoms with E-state index in [1.807, 2.05) is 27.4 Å². The van der Waals surface area contributed by atoms with Crippen LogP contribution in [-0.4, -0.2) is 56.5 Å². The number of carboxylic acid groups (broad SMARTS) is 1. The maximum absolute atomic E-state index is 12.0. The summed E-state index contributed by atoms with van der Waals surface area (Å²) in [5.74, 6) is -1.49. The zero-order chi connectivity index (χ0) is 23.4. The van der Waals surface area contributed by atoms with Gasteiger partial charge in [0.2, 0.25) is 0 Å². The summed E-state index contributed by atoms with van der Waals surface area (Å²) in [6.45, 7) is 0.458. The van der Waals surface area contributed by atoms with E-state index in [4.69, 9.17) is 4.74 Å². The zero-order valence-corrected chi connectivity index (χ0v) is 20.3. The van der Waals surface area contributed by atoms with E-state index in [0.29, 0.717) is 23.9 Å². The zero-order valence-electron chi connectivity index (χ0n) is 20.3. The maximum atomic E-state index is 12.0. The first kappa shape index (κ1) is 29.6. The number of quaternary nitrogens is 1. The van der Waals surface area contributed by atoms with Gasteiger partial charge >= 0.3 is 5.97 Å². The van der Waals surface area contributed by atoms with Crippen LogP contribution in [0.15, 0.2) is 0 Å². The molecule has 0 fully saturated rings. The van der Waals surface area contributed by atoms with Gasteiger partial charge in [0.1, 0.15) is 6.54 Å². The lowest BCUT2D eigenvalue weighted by Crippen LogP contribution is -2.45. The standard InChI is InChI=1S/C25H46NO5/c1-26(2,3)22-23(21-24(28)29)31-25(30)19-17-15-13-11-9-7-5-4-6-8-10-12-14-16-18-20-27/h23H,4-19,21-22H2,1-3H3. The number of ether oxygens (including phenoxy) is 1. The summed E-state index contributed by atoms with van der Waals surface area (Å²) in [5.41, 5.74) is 0. The molecule has 0 aliphatic rings. The van der Waals surface area contributed by atoms with Gasteiger partial charge in [0.15, 0.2) is 12.4 Å². The Labute approximate surface area is 190 Å². The smallest absolute Gasteiger partial charge is 0.306 e. The molecule has 0 aliphatic carbocycles. The number of rotatable bonds is 22. The summed E-state index contributed by atoms with van der Waals surface area (Å²) >= 11 is 0. The second-order valence-electron chi connectivity index (χ2n) is 9.75. The van der Waals surface area contributed by atoms with Gasteiger partial charge < -0.3 is 19.1 Å². The van der Waals surface area contributed by atoms with Crippen LogP contribution in [0, 0.1) is 0 Å². The number of hydrogen-bond acceptors (Lipinski definition) is 5. The lowest BCUT2D eigenvalue weighted by molar-refractivity contribution is -0.873. The normalized spacial score (nSPS) is 12.5. The monoisotopic (exact) mass is 440 g/mol. The fourth-order valence-electron chi connectivity index (χ4n) is 3.77. The minimum Gasteiger partial charge on any atom is -0.550 e. The third kappa shape index (κ3) is 23.1. The number of carboxylic acids is 1. The first-order valence-corrected chi connectivity index (χ1v) is 12.3. The van der Waals surface area contributed by atoms with Crippen LogP contribution in [0.1, 0.15) is 109 Å². The first-order chi connectivity index (χ1) is 14.7. The second-order valence-corrected chi connectivity index (χ2v) is 9.75. The number of likely N-dealkylation sites (N-methyl/N-ethyl adjacent to an activating group) is 1. The minimum atomic E-state index is -1.18. The Morgan fingerprint density at radius 2 is 1.19 bits per heavy atom. The van der Waals surface area contributed by atoms with Crippen molar-refractivity contribution in [1.82, 2.24) is 0 Å². The topological polar surface area (TPSA) is 83.5 Å². The molecule has 6 nitrogen and oxygen atoms in total. The molecule has 181 valence electrons. The molecule has 0 spiro atoms. The van der Waals surface area contributed by atoms with Crippen LogP contribution in [0.25, 0.3) is 0 Å². The number of unbranched alkanes of at least 4 members (excludes halogenated alkanes) is 14. The summed E-state index contributed by atoms with van der Waals surface area (Å²) in [5, 5.41) is 10.9. The molecule has 0 N–H and O–H groups in total. The summed E-state index contributed by atoms with van der Waals surface area (Å²) in [6.07, 6.45) is 18.6. The van der Waals surface area contributed by atoms with Gasteiger partial charge in [-0.3, -0.25) is 9.59 Å². The molecule has 31 heavy (non-hydrogen) atoms. The molecule has 0 saturated carbocycles. The fraction of sp³-hybridized carbons (Fsp3) is 0.880. The van der Waals surface area contributed by atoms with Crippen molar-refractivity contribution >= 4 is 18.2 Å². The van der Waals surface area contributed by atoms with Crippen LogP contribution in [0.4, 0.5) is 0 Å². The van der Waals surface area contributed by atoms with Gasteiger partial charge in [-0.15, -0.1) is 0 Å². The van der Waals surface area contributed by atoms with Gasteiger partial charge in [-0.05, 0) is 12.8 Å². The van der Waals surface area contributed by atoms with E-state index in [-0.39, 0.29) is 12.4 Å². The van der Waals surface area contributed by atoms with E-state index < -0.39 is 12.1 Å². The number of carbonyl (C=O) groups excluding carboxylic acids is 3. The average molecular weight is 441 g/mol. The van der Waals surface area contributed by atoms with E-state index in [2.05, 4.69) is 0 Å². The predicted molar refractivity (Wildman–Crippen MR) is 122 cm³/mol. The van der Waals surface area contributed by atoms with Crippen LogP contribution in [-0.2, 0) is 19.1 Å². The molecule has 0 heterocycles. The van der Waals surface area contributed by atoms with Gasteiger partial charge in [0.05, 0.1) is 21.1 Å². The Balaban J connectivity index is 3.54. The number of aliphatic carboxylic acids is 1. The van der Waals surface area contributed by atoms with Gasteiger partial charge in [0, 0.05) is 25.2 Å². The highest BCUT2D eigenvalue weighted by atomic mass is 16.5. The average Bonchev–Trinajstić information content (AvgIpc) is 2.65. The molecule has 1 radical (unpaired) electrons. The third-order valence-corrected chi connectivity index (χ3v) is 5.35. The van der Waals surface area contributed by atoms with Crippen LogP contribution in [0.3, 0.4) is 0 Å². The molecule has 0 rings (SSSR count). The molecule has 1 unspecified atom stereocenters. The van der Waals surface area contributed by atoms with Crippen LogP contribution >= 0.6 is 0 Å². The van der Waals surface area contributed by atoms with Crippen molar-refractivity contribution in [3.8, 4) is 0 Å². The summed E-state index contributed by atoms with van der Waals surface area (Å²) in [6, 6.07) is 0. The Bertz CT molecular complexity index is 473.